The zero-order chi connectivity index (χ0) is 16.3. The van der Waals surface area contributed by atoms with Gasteiger partial charge in [-0.2, -0.15) is 0 Å². The monoisotopic (exact) mass is 348 g/mol. The van der Waals surface area contributed by atoms with Crippen molar-refractivity contribution in [2.45, 2.75) is 29.9 Å². The lowest BCUT2D eigenvalue weighted by atomic mass is 10.2. The summed E-state index contributed by atoms with van der Waals surface area (Å²) >= 11 is 5.92. The van der Waals surface area contributed by atoms with Gasteiger partial charge in [-0.15, -0.1) is 0 Å². The Morgan fingerprint density at radius 1 is 1.50 bits per heavy atom. The lowest BCUT2D eigenvalue weighted by molar-refractivity contribution is -0.128. The van der Waals surface area contributed by atoms with Gasteiger partial charge < -0.3 is 15.2 Å². The molecule has 1 saturated heterocycles. The number of sulfonamides is 1. The van der Waals surface area contributed by atoms with Crippen LogP contribution in [0, 0.1) is 0 Å². The molecule has 0 spiro atoms. The molecular formula is C13H17ClN2O5S. The van der Waals surface area contributed by atoms with Gasteiger partial charge in [0, 0.05) is 6.54 Å². The van der Waals surface area contributed by atoms with E-state index >= 15 is 0 Å². The van der Waals surface area contributed by atoms with Gasteiger partial charge in [-0.3, -0.25) is 4.79 Å². The van der Waals surface area contributed by atoms with E-state index in [0.29, 0.717) is 18.6 Å². The number of nitrogens with one attached hydrogen (secondary N) is 1. The minimum absolute atomic E-state index is 0.0303. The number of hydrogen-bond donors (Lipinski definition) is 2. The van der Waals surface area contributed by atoms with Crippen LogP contribution < -0.4 is 15.2 Å². The van der Waals surface area contributed by atoms with E-state index in [2.05, 4.69) is 4.72 Å². The molecule has 0 aliphatic carbocycles. The molecule has 1 aliphatic rings. The summed E-state index contributed by atoms with van der Waals surface area (Å²) in [5.74, 6) is -0.142. The van der Waals surface area contributed by atoms with Gasteiger partial charge >= 0.3 is 0 Å². The molecule has 0 bridgehead atoms. The van der Waals surface area contributed by atoms with Gasteiger partial charge in [-0.05, 0) is 31.0 Å². The number of carbonyl (C=O) groups is 1. The predicted molar refractivity (Wildman–Crippen MR) is 80.3 cm³/mol. The number of nitrogens with two attached hydrogens (primary N) is 1. The van der Waals surface area contributed by atoms with Crippen molar-refractivity contribution in [3.05, 3.63) is 23.2 Å². The van der Waals surface area contributed by atoms with Gasteiger partial charge in [0.1, 0.15) is 11.9 Å². The lowest BCUT2D eigenvalue weighted by Gasteiger charge is -2.13. The van der Waals surface area contributed by atoms with Crippen molar-refractivity contribution in [3.63, 3.8) is 0 Å². The average molecular weight is 349 g/mol. The van der Waals surface area contributed by atoms with E-state index in [1.54, 1.807) is 0 Å². The summed E-state index contributed by atoms with van der Waals surface area (Å²) in [4.78, 5) is 11.0. The first-order valence-corrected chi connectivity index (χ1v) is 8.47. The summed E-state index contributed by atoms with van der Waals surface area (Å²) in [7, 11) is -2.27. The molecule has 9 heteroatoms. The van der Waals surface area contributed by atoms with Crippen LogP contribution >= 0.6 is 11.6 Å². The predicted octanol–water partition coefficient (Wildman–Crippen LogP) is 0.660. The second-order valence-corrected chi connectivity index (χ2v) is 7.05. The molecule has 22 heavy (non-hydrogen) atoms. The summed E-state index contributed by atoms with van der Waals surface area (Å²) < 4.78 is 37.2. The molecule has 2 atom stereocenters. The molecule has 3 N–H and O–H groups in total. The van der Waals surface area contributed by atoms with E-state index < -0.39 is 22.0 Å². The SMILES string of the molecule is COc1ccc(S(=O)(=O)NC[C@@H]2CC[C@H](C(N)=O)O2)cc1Cl. The Bertz CT molecular complexity index is 664. The first-order valence-electron chi connectivity index (χ1n) is 6.61. The van der Waals surface area contributed by atoms with Crippen LogP contribution in [0.2, 0.25) is 5.02 Å². The van der Waals surface area contributed by atoms with Crippen molar-refractivity contribution >= 4 is 27.5 Å². The smallest absolute Gasteiger partial charge is 0.246 e. The second-order valence-electron chi connectivity index (χ2n) is 4.87. The molecule has 122 valence electrons. The van der Waals surface area contributed by atoms with Crippen molar-refractivity contribution in [2.75, 3.05) is 13.7 Å². The number of methoxy groups -OCH3 is 1. The fourth-order valence-corrected chi connectivity index (χ4v) is 3.58. The fraction of sp³-hybridized carbons (Fsp3) is 0.462. The topological polar surface area (TPSA) is 108 Å². The van der Waals surface area contributed by atoms with Crippen LogP contribution in [0.3, 0.4) is 0 Å². The zero-order valence-corrected chi connectivity index (χ0v) is 13.5. The van der Waals surface area contributed by atoms with Gasteiger partial charge in [0.15, 0.2) is 0 Å². The normalized spacial score (nSPS) is 21.7. The highest BCUT2D eigenvalue weighted by Crippen LogP contribution is 2.27. The van der Waals surface area contributed by atoms with Gasteiger partial charge in [-0.1, -0.05) is 11.6 Å². The van der Waals surface area contributed by atoms with Crippen molar-refractivity contribution in [3.8, 4) is 5.75 Å². The number of halogens is 1. The van der Waals surface area contributed by atoms with Crippen LogP contribution in [0.5, 0.6) is 5.75 Å². The van der Waals surface area contributed by atoms with Crippen molar-refractivity contribution in [1.82, 2.24) is 4.72 Å². The molecule has 1 aromatic rings. The molecule has 0 unspecified atom stereocenters. The third-order valence-corrected chi connectivity index (χ3v) is 5.08. The van der Waals surface area contributed by atoms with Crippen LogP contribution in [-0.4, -0.2) is 40.2 Å². The Balaban J connectivity index is 2.00. The maximum atomic E-state index is 12.2. The van der Waals surface area contributed by atoms with E-state index in [1.165, 1.54) is 25.3 Å². The first kappa shape index (κ1) is 17.0. The molecule has 0 saturated carbocycles. The minimum atomic E-state index is -3.72. The van der Waals surface area contributed by atoms with E-state index in [1.807, 2.05) is 0 Å². The van der Waals surface area contributed by atoms with Crippen molar-refractivity contribution < 1.29 is 22.7 Å². The first-order chi connectivity index (χ1) is 10.3. The number of amides is 1. The quantitative estimate of drug-likeness (QED) is 0.785. The number of primary amides is 1. The maximum absolute atomic E-state index is 12.2. The zero-order valence-electron chi connectivity index (χ0n) is 11.9. The van der Waals surface area contributed by atoms with Crippen LogP contribution in [0.15, 0.2) is 23.1 Å². The minimum Gasteiger partial charge on any atom is -0.495 e. The third-order valence-electron chi connectivity index (χ3n) is 3.36. The molecule has 1 aliphatic heterocycles. The molecule has 1 amide bonds. The average Bonchev–Trinajstić information content (AvgIpc) is 2.94. The Labute approximate surface area is 133 Å². The van der Waals surface area contributed by atoms with Crippen LogP contribution in [0.4, 0.5) is 0 Å². The number of hydrogen-bond acceptors (Lipinski definition) is 5. The van der Waals surface area contributed by atoms with Gasteiger partial charge in [0.05, 0.1) is 23.1 Å². The molecule has 2 rings (SSSR count). The van der Waals surface area contributed by atoms with Gasteiger partial charge in [0.25, 0.3) is 0 Å². The standard InChI is InChI=1S/C13H17ClN2O5S/c1-20-11-5-3-9(6-10(11)14)22(18,19)16-7-8-2-4-12(21-8)13(15)17/h3,5-6,8,12,16H,2,4,7H2,1H3,(H2,15,17)/t8-,12+/m0/s1. The Hall–Kier alpha value is -1.35. The molecular weight excluding hydrogens is 332 g/mol. The molecule has 0 radical (unpaired) electrons. The second kappa shape index (κ2) is 6.82. The lowest BCUT2D eigenvalue weighted by Crippen LogP contribution is -2.34. The molecule has 7 nitrogen and oxygen atoms in total. The van der Waals surface area contributed by atoms with E-state index in [-0.39, 0.29) is 22.6 Å². The molecule has 1 aromatic carbocycles. The maximum Gasteiger partial charge on any atom is 0.246 e. The Morgan fingerprint density at radius 3 is 2.77 bits per heavy atom. The summed E-state index contributed by atoms with van der Waals surface area (Å²) in [6.45, 7) is 0.0652. The summed E-state index contributed by atoms with van der Waals surface area (Å²) in [5.41, 5.74) is 5.15. The highest BCUT2D eigenvalue weighted by atomic mass is 35.5. The number of ether oxygens (including phenoxy) is 2. The van der Waals surface area contributed by atoms with Crippen LogP contribution in [0.25, 0.3) is 0 Å². The molecule has 1 heterocycles. The third kappa shape index (κ3) is 3.89. The van der Waals surface area contributed by atoms with Crippen LogP contribution in [0.1, 0.15) is 12.8 Å². The number of rotatable bonds is 6. The molecule has 1 fully saturated rings. The van der Waals surface area contributed by atoms with Gasteiger partial charge in [-0.25, -0.2) is 13.1 Å². The van der Waals surface area contributed by atoms with Crippen LogP contribution in [-0.2, 0) is 19.6 Å². The number of carbonyl (C=O) groups excluding carboxylic acids is 1. The van der Waals surface area contributed by atoms with Gasteiger partial charge in [0.2, 0.25) is 15.9 Å². The van der Waals surface area contributed by atoms with Crippen molar-refractivity contribution in [1.29, 1.82) is 0 Å². The number of benzene rings is 1. The Kier molecular flexibility index (Phi) is 5.28. The largest absolute Gasteiger partial charge is 0.495 e. The van der Waals surface area contributed by atoms with Crippen molar-refractivity contribution in [2.24, 2.45) is 5.73 Å². The Morgan fingerprint density at radius 2 is 2.23 bits per heavy atom. The summed E-state index contributed by atoms with van der Waals surface area (Å²) in [6, 6.07) is 4.19. The highest BCUT2D eigenvalue weighted by molar-refractivity contribution is 7.89. The van der Waals surface area contributed by atoms with E-state index in [0.717, 1.165) is 0 Å². The summed E-state index contributed by atoms with van der Waals surface area (Å²) in [5, 5.41) is 0.205. The molecule has 0 aromatic heterocycles. The van der Waals surface area contributed by atoms with E-state index in [4.69, 9.17) is 26.8 Å². The fourth-order valence-electron chi connectivity index (χ4n) is 2.17. The summed E-state index contributed by atoms with van der Waals surface area (Å²) in [6.07, 6.45) is 0.0428. The van der Waals surface area contributed by atoms with E-state index in [9.17, 15) is 13.2 Å². The highest BCUT2D eigenvalue weighted by Gasteiger charge is 2.30.